The summed E-state index contributed by atoms with van der Waals surface area (Å²) in [5.74, 6) is 0.811. The van der Waals surface area contributed by atoms with Gasteiger partial charge >= 0.3 is 0 Å². The molecule has 1 rings (SSSR count). The Morgan fingerprint density at radius 2 is 2.19 bits per heavy atom. The molecule has 0 saturated heterocycles. The van der Waals surface area contributed by atoms with Gasteiger partial charge in [0.25, 0.3) is 0 Å². The van der Waals surface area contributed by atoms with Crippen molar-refractivity contribution in [3.8, 4) is 0 Å². The molecule has 0 aromatic carbocycles. The molecule has 2 nitrogen and oxygen atoms in total. The second-order valence-electron chi connectivity index (χ2n) is 4.07. The standard InChI is InChI=1S/C13H21NOS/c1-3-11(4-2)10-14-13(15)8-7-12-6-5-9-16-12/h5-6,9,11H,3-4,7-8,10H2,1-2H3,(H,14,15). The summed E-state index contributed by atoms with van der Waals surface area (Å²) in [5.41, 5.74) is 0. The molecule has 0 unspecified atom stereocenters. The van der Waals surface area contributed by atoms with Crippen molar-refractivity contribution in [2.45, 2.75) is 39.5 Å². The number of amides is 1. The fourth-order valence-corrected chi connectivity index (χ4v) is 2.32. The molecule has 0 aliphatic heterocycles. The first-order chi connectivity index (χ1) is 7.76. The molecular weight excluding hydrogens is 218 g/mol. The maximum atomic E-state index is 11.6. The van der Waals surface area contributed by atoms with E-state index in [1.807, 2.05) is 6.07 Å². The van der Waals surface area contributed by atoms with Gasteiger partial charge in [-0.25, -0.2) is 0 Å². The topological polar surface area (TPSA) is 29.1 Å². The zero-order valence-corrected chi connectivity index (χ0v) is 11.0. The van der Waals surface area contributed by atoms with Gasteiger partial charge < -0.3 is 5.32 Å². The minimum atomic E-state index is 0.181. The van der Waals surface area contributed by atoms with Crippen molar-refractivity contribution in [3.63, 3.8) is 0 Å². The summed E-state index contributed by atoms with van der Waals surface area (Å²) in [7, 11) is 0. The first-order valence-electron chi connectivity index (χ1n) is 6.05. The van der Waals surface area contributed by atoms with Crippen LogP contribution in [0.2, 0.25) is 0 Å². The molecule has 0 aliphatic rings. The second-order valence-corrected chi connectivity index (χ2v) is 5.10. The number of hydrogen-bond acceptors (Lipinski definition) is 2. The van der Waals surface area contributed by atoms with E-state index in [9.17, 15) is 4.79 Å². The number of carbonyl (C=O) groups is 1. The molecule has 0 bridgehead atoms. The van der Waals surface area contributed by atoms with E-state index in [-0.39, 0.29) is 5.91 Å². The first kappa shape index (κ1) is 13.2. The molecule has 0 radical (unpaired) electrons. The number of nitrogens with one attached hydrogen (secondary N) is 1. The zero-order valence-electron chi connectivity index (χ0n) is 10.2. The molecule has 0 fully saturated rings. The Balaban J connectivity index is 2.16. The van der Waals surface area contributed by atoms with Crippen LogP contribution < -0.4 is 5.32 Å². The Morgan fingerprint density at radius 3 is 2.75 bits per heavy atom. The van der Waals surface area contributed by atoms with Gasteiger partial charge in [-0.05, 0) is 23.8 Å². The lowest BCUT2D eigenvalue weighted by Crippen LogP contribution is -2.28. The maximum absolute atomic E-state index is 11.6. The van der Waals surface area contributed by atoms with Gasteiger partial charge in [0.2, 0.25) is 5.91 Å². The summed E-state index contributed by atoms with van der Waals surface area (Å²) < 4.78 is 0. The monoisotopic (exact) mass is 239 g/mol. The summed E-state index contributed by atoms with van der Waals surface area (Å²) in [5, 5.41) is 5.07. The molecule has 1 N–H and O–H groups in total. The van der Waals surface area contributed by atoms with Crippen molar-refractivity contribution in [1.82, 2.24) is 5.32 Å². The number of thiophene rings is 1. The van der Waals surface area contributed by atoms with Crippen LogP contribution in [0, 0.1) is 5.92 Å². The van der Waals surface area contributed by atoms with Gasteiger partial charge in [0.05, 0.1) is 0 Å². The van der Waals surface area contributed by atoms with Crippen LogP contribution in [0.15, 0.2) is 17.5 Å². The Bertz CT molecular complexity index is 291. The van der Waals surface area contributed by atoms with E-state index in [2.05, 4.69) is 30.6 Å². The van der Waals surface area contributed by atoms with Crippen molar-refractivity contribution in [2.24, 2.45) is 5.92 Å². The lowest BCUT2D eigenvalue weighted by atomic mass is 10.0. The number of hydrogen-bond donors (Lipinski definition) is 1. The van der Waals surface area contributed by atoms with Gasteiger partial charge in [-0.1, -0.05) is 32.8 Å². The molecule has 0 saturated carbocycles. The van der Waals surface area contributed by atoms with E-state index < -0.39 is 0 Å². The highest BCUT2D eigenvalue weighted by Crippen LogP contribution is 2.11. The van der Waals surface area contributed by atoms with Gasteiger partial charge in [-0.3, -0.25) is 4.79 Å². The molecule has 1 heterocycles. The SMILES string of the molecule is CCC(CC)CNC(=O)CCc1cccs1. The molecule has 0 aliphatic carbocycles. The average Bonchev–Trinajstić information content (AvgIpc) is 2.80. The molecule has 90 valence electrons. The van der Waals surface area contributed by atoms with Gasteiger partial charge in [0.1, 0.15) is 0 Å². The molecule has 1 amide bonds. The van der Waals surface area contributed by atoms with Crippen molar-refractivity contribution < 1.29 is 4.79 Å². The highest BCUT2D eigenvalue weighted by atomic mass is 32.1. The molecular formula is C13H21NOS. The molecule has 1 aromatic rings. The van der Waals surface area contributed by atoms with Crippen LogP contribution >= 0.6 is 11.3 Å². The molecule has 16 heavy (non-hydrogen) atoms. The lowest BCUT2D eigenvalue weighted by molar-refractivity contribution is -0.121. The quantitative estimate of drug-likeness (QED) is 0.777. The van der Waals surface area contributed by atoms with Crippen molar-refractivity contribution in [3.05, 3.63) is 22.4 Å². The minimum absolute atomic E-state index is 0.181. The van der Waals surface area contributed by atoms with E-state index in [4.69, 9.17) is 0 Å². The van der Waals surface area contributed by atoms with Crippen LogP contribution in [-0.4, -0.2) is 12.5 Å². The van der Waals surface area contributed by atoms with Gasteiger partial charge in [0, 0.05) is 17.8 Å². The normalized spacial score (nSPS) is 10.7. The van der Waals surface area contributed by atoms with Crippen LogP contribution in [0.1, 0.15) is 38.0 Å². The predicted molar refractivity (Wildman–Crippen MR) is 69.7 cm³/mol. The minimum Gasteiger partial charge on any atom is -0.356 e. The molecule has 0 atom stereocenters. The van der Waals surface area contributed by atoms with E-state index >= 15 is 0 Å². The third-order valence-electron chi connectivity index (χ3n) is 2.92. The van der Waals surface area contributed by atoms with Crippen molar-refractivity contribution in [1.29, 1.82) is 0 Å². The van der Waals surface area contributed by atoms with Crippen LogP contribution in [0.5, 0.6) is 0 Å². The molecule has 1 aromatic heterocycles. The van der Waals surface area contributed by atoms with Crippen LogP contribution in [0.4, 0.5) is 0 Å². The summed E-state index contributed by atoms with van der Waals surface area (Å²) in [6, 6.07) is 4.11. The Hall–Kier alpha value is -0.830. The summed E-state index contributed by atoms with van der Waals surface area (Å²) >= 11 is 1.72. The lowest BCUT2D eigenvalue weighted by Gasteiger charge is -2.12. The van der Waals surface area contributed by atoms with E-state index in [1.165, 1.54) is 4.88 Å². The number of aryl methyl sites for hydroxylation is 1. The Kier molecular flexibility index (Phi) is 6.16. The van der Waals surface area contributed by atoms with Crippen molar-refractivity contribution >= 4 is 17.2 Å². The molecule has 0 spiro atoms. The Labute approximate surface area is 102 Å². The zero-order chi connectivity index (χ0) is 11.8. The van der Waals surface area contributed by atoms with Gasteiger partial charge in [0.15, 0.2) is 0 Å². The Morgan fingerprint density at radius 1 is 1.44 bits per heavy atom. The summed E-state index contributed by atoms with van der Waals surface area (Å²) in [6.45, 7) is 5.17. The smallest absolute Gasteiger partial charge is 0.220 e. The highest BCUT2D eigenvalue weighted by Gasteiger charge is 2.06. The van der Waals surface area contributed by atoms with Gasteiger partial charge in [-0.15, -0.1) is 11.3 Å². The fraction of sp³-hybridized carbons (Fsp3) is 0.615. The first-order valence-corrected chi connectivity index (χ1v) is 6.93. The van der Waals surface area contributed by atoms with Gasteiger partial charge in [-0.2, -0.15) is 0 Å². The fourth-order valence-electron chi connectivity index (χ4n) is 1.62. The maximum Gasteiger partial charge on any atom is 0.220 e. The predicted octanol–water partition coefficient (Wildman–Crippen LogP) is 3.23. The third kappa shape index (κ3) is 4.79. The van der Waals surface area contributed by atoms with E-state index in [0.717, 1.165) is 25.8 Å². The molecule has 3 heteroatoms. The second kappa shape index (κ2) is 7.44. The van der Waals surface area contributed by atoms with E-state index in [1.54, 1.807) is 11.3 Å². The largest absolute Gasteiger partial charge is 0.356 e. The van der Waals surface area contributed by atoms with Crippen molar-refractivity contribution in [2.75, 3.05) is 6.54 Å². The van der Waals surface area contributed by atoms with Crippen LogP contribution in [-0.2, 0) is 11.2 Å². The van der Waals surface area contributed by atoms with E-state index in [0.29, 0.717) is 12.3 Å². The van der Waals surface area contributed by atoms with Crippen LogP contribution in [0.3, 0.4) is 0 Å². The van der Waals surface area contributed by atoms with Crippen LogP contribution in [0.25, 0.3) is 0 Å². The summed E-state index contributed by atoms with van der Waals surface area (Å²) in [6.07, 6.45) is 3.76. The summed E-state index contributed by atoms with van der Waals surface area (Å²) in [4.78, 5) is 12.9. The number of rotatable bonds is 7. The highest BCUT2D eigenvalue weighted by molar-refractivity contribution is 7.09. The average molecular weight is 239 g/mol. The number of carbonyl (C=O) groups excluding carboxylic acids is 1. The third-order valence-corrected chi connectivity index (χ3v) is 3.86.